The zero-order chi connectivity index (χ0) is 15.6. The predicted molar refractivity (Wildman–Crippen MR) is 76.6 cm³/mol. The van der Waals surface area contributed by atoms with Crippen LogP contribution in [-0.4, -0.2) is 22.5 Å². The fraction of sp³-hybridized carbons (Fsp3) is 0.500. The van der Waals surface area contributed by atoms with Crippen LogP contribution in [0, 0.1) is 18.7 Å². The Balaban J connectivity index is 2.28. The fourth-order valence-electron chi connectivity index (χ4n) is 2.98. The highest BCUT2D eigenvalue weighted by molar-refractivity contribution is 5.98. The van der Waals surface area contributed by atoms with Crippen molar-refractivity contribution in [2.24, 2.45) is 5.92 Å². The van der Waals surface area contributed by atoms with Gasteiger partial charge in [-0.05, 0) is 43.4 Å². The lowest BCUT2D eigenvalue weighted by atomic mass is 9.73. The fourth-order valence-corrected chi connectivity index (χ4v) is 2.98. The summed E-state index contributed by atoms with van der Waals surface area (Å²) in [5.41, 5.74) is -0.700. The van der Waals surface area contributed by atoms with Crippen LogP contribution in [0.25, 0.3) is 0 Å². The number of benzene rings is 1. The number of carbonyl (C=O) groups excluding carboxylic acids is 1. The molecular formula is C16H20FNO3. The Morgan fingerprint density at radius 3 is 2.67 bits per heavy atom. The molecular weight excluding hydrogens is 273 g/mol. The smallest absolute Gasteiger partial charge is 0.329 e. The van der Waals surface area contributed by atoms with Crippen LogP contribution in [0.15, 0.2) is 18.2 Å². The van der Waals surface area contributed by atoms with Gasteiger partial charge in [0.1, 0.15) is 11.4 Å². The largest absolute Gasteiger partial charge is 0.479 e. The lowest BCUT2D eigenvalue weighted by Crippen LogP contribution is -2.60. The van der Waals surface area contributed by atoms with Crippen LogP contribution in [-0.2, 0) is 4.79 Å². The highest BCUT2D eigenvalue weighted by Gasteiger charge is 2.46. The molecule has 1 aliphatic rings. The van der Waals surface area contributed by atoms with Crippen molar-refractivity contribution in [2.45, 2.75) is 45.1 Å². The van der Waals surface area contributed by atoms with Crippen molar-refractivity contribution < 1.29 is 19.1 Å². The quantitative estimate of drug-likeness (QED) is 0.900. The number of hydrogen-bond donors (Lipinski definition) is 2. The van der Waals surface area contributed by atoms with Crippen molar-refractivity contribution in [1.29, 1.82) is 0 Å². The minimum Gasteiger partial charge on any atom is -0.479 e. The Bertz CT molecular complexity index is 573. The molecule has 1 amide bonds. The predicted octanol–water partition coefficient (Wildman–Crippen LogP) is 2.90. The molecule has 2 rings (SSSR count). The number of carboxylic acid groups (broad SMARTS) is 1. The summed E-state index contributed by atoms with van der Waals surface area (Å²) in [6.07, 6.45) is 2.81. The Morgan fingerprint density at radius 2 is 2.10 bits per heavy atom. The summed E-state index contributed by atoms with van der Waals surface area (Å²) in [5, 5.41) is 12.1. The molecule has 114 valence electrons. The number of hydrogen-bond acceptors (Lipinski definition) is 2. The van der Waals surface area contributed by atoms with E-state index >= 15 is 0 Å². The second kappa shape index (κ2) is 5.84. The third-order valence-corrected chi connectivity index (χ3v) is 4.39. The van der Waals surface area contributed by atoms with Crippen molar-refractivity contribution in [3.05, 3.63) is 35.1 Å². The van der Waals surface area contributed by atoms with Crippen molar-refractivity contribution >= 4 is 11.9 Å². The molecule has 0 aromatic heterocycles. The van der Waals surface area contributed by atoms with Gasteiger partial charge in [0, 0.05) is 0 Å². The summed E-state index contributed by atoms with van der Waals surface area (Å²) in [5.74, 6) is -2.52. The molecule has 0 aliphatic heterocycles. The van der Waals surface area contributed by atoms with E-state index in [-0.39, 0.29) is 11.5 Å². The number of aryl methyl sites for hydroxylation is 1. The third-order valence-electron chi connectivity index (χ3n) is 4.39. The first-order valence-electron chi connectivity index (χ1n) is 7.19. The molecule has 2 atom stereocenters. The monoisotopic (exact) mass is 293 g/mol. The van der Waals surface area contributed by atoms with E-state index in [1.807, 2.05) is 6.92 Å². The molecule has 5 heteroatoms. The number of amides is 1. The topological polar surface area (TPSA) is 66.4 Å². The van der Waals surface area contributed by atoms with E-state index in [0.717, 1.165) is 19.3 Å². The maximum Gasteiger partial charge on any atom is 0.329 e. The minimum absolute atomic E-state index is 0.112. The van der Waals surface area contributed by atoms with Gasteiger partial charge in [0.25, 0.3) is 5.91 Å². The normalized spacial score (nSPS) is 25.4. The summed E-state index contributed by atoms with van der Waals surface area (Å²) in [4.78, 5) is 24.0. The van der Waals surface area contributed by atoms with E-state index in [0.29, 0.717) is 12.0 Å². The molecule has 2 unspecified atom stereocenters. The van der Waals surface area contributed by atoms with Crippen molar-refractivity contribution in [1.82, 2.24) is 5.32 Å². The lowest BCUT2D eigenvalue weighted by Gasteiger charge is -2.39. The first kappa shape index (κ1) is 15.5. The zero-order valence-electron chi connectivity index (χ0n) is 12.3. The van der Waals surface area contributed by atoms with Crippen LogP contribution in [0.5, 0.6) is 0 Å². The number of rotatable bonds is 3. The van der Waals surface area contributed by atoms with Crippen LogP contribution >= 0.6 is 0 Å². The maximum atomic E-state index is 13.9. The van der Waals surface area contributed by atoms with Gasteiger partial charge >= 0.3 is 5.97 Å². The molecule has 1 aliphatic carbocycles. The summed E-state index contributed by atoms with van der Waals surface area (Å²) in [7, 11) is 0. The summed E-state index contributed by atoms with van der Waals surface area (Å²) in [6.45, 7) is 3.55. The Morgan fingerprint density at radius 1 is 1.38 bits per heavy atom. The molecule has 1 saturated carbocycles. The van der Waals surface area contributed by atoms with Crippen LogP contribution in [0.2, 0.25) is 0 Å². The Hall–Kier alpha value is -1.91. The molecule has 1 aromatic rings. The number of carboxylic acids is 1. The number of carbonyl (C=O) groups is 2. The highest BCUT2D eigenvalue weighted by Crippen LogP contribution is 2.34. The van der Waals surface area contributed by atoms with Gasteiger partial charge in [-0.3, -0.25) is 4.79 Å². The number of nitrogens with one attached hydrogen (secondary N) is 1. The summed E-state index contributed by atoms with van der Waals surface area (Å²) >= 11 is 0. The van der Waals surface area contributed by atoms with Gasteiger partial charge in [0.05, 0.1) is 5.56 Å². The van der Waals surface area contributed by atoms with Crippen LogP contribution in [0.3, 0.4) is 0 Å². The van der Waals surface area contributed by atoms with Crippen molar-refractivity contribution in [2.75, 3.05) is 0 Å². The van der Waals surface area contributed by atoms with Crippen LogP contribution < -0.4 is 5.32 Å². The van der Waals surface area contributed by atoms with Gasteiger partial charge in [-0.2, -0.15) is 0 Å². The number of halogens is 1. The van der Waals surface area contributed by atoms with Crippen LogP contribution in [0.4, 0.5) is 4.39 Å². The third kappa shape index (κ3) is 2.91. The average Bonchev–Trinajstić information content (AvgIpc) is 2.41. The Kier molecular flexibility index (Phi) is 4.30. The van der Waals surface area contributed by atoms with E-state index in [1.54, 1.807) is 13.0 Å². The molecule has 0 radical (unpaired) electrons. The summed E-state index contributed by atoms with van der Waals surface area (Å²) < 4.78 is 13.9. The van der Waals surface area contributed by atoms with E-state index < -0.39 is 23.2 Å². The van der Waals surface area contributed by atoms with Gasteiger partial charge in [0.2, 0.25) is 0 Å². The van der Waals surface area contributed by atoms with E-state index in [4.69, 9.17) is 0 Å². The first-order chi connectivity index (χ1) is 9.86. The lowest BCUT2D eigenvalue weighted by molar-refractivity contribution is -0.148. The molecule has 0 saturated heterocycles. The molecule has 2 N–H and O–H groups in total. The molecule has 0 spiro atoms. The second-order valence-electron chi connectivity index (χ2n) is 5.86. The van der Waals surface area contributed by atoms with Crippen LogP contribution in [0.1, 0.15) is 48.5 Å². The van der Waals surface area contributed by atoms with E-state index in [2.05, 4.69) is 5.32 Å². The standard InChI is InChI=1S/C16H20FNO3/c1-10-6-7-12(13(17)9-10)14(19)18-16(15(20)21)8-4-3-5-11(16)2/h6-7,9,11H,3-5,8H2,1-2H3,(H,18,19)(H,20,21). The SMILES string of the molecule is Cc1ccc(C(=O)NC2(C(=O)O)CCCCC2C)c(F)c1. The second-order valence-corrected chi connectivity index (χ2v) is 5.86. The van der Waals surface area contributed by atoms with E-state index in [1.165, 1.54) is 12.1 Å². The van der Waals surface area contributed by atoms with E-state index in [9.17, 15) is 19.1 Å². The van der Waals surface area contributed by atoms with Crippen molar-refractivity contribution in [3.63, 3.8) is 0 Å². The minimum atomic E-state index is -1.30. The molecule has 4 nitrogen and oxygen atoms in total. The van der Waals surface area contributed by atoms with Gasteiger partial charge in [-0.1, -0.05) is 25.8 Å². The van der Waals surface area contributed by atoms with Gasteiger partial charge in [-0.25, -0.2) is 9.18 Å². The molecule has 1 fully saturated rings. The molecule has 21 heavy (non-hydrogen) atoms. The van der Waals surface area contributed by atoms with Gasteiger partial charge in [0.15, 0.2) is 0 Å². The molecule has 1 aromatic carbocycles. The molecule has 0 heterocycles. The molecule has 0 bridgehead atoms. The average molecular weight is 293 g/mol. The van der Waals surface area contributed by atoms with Gasteiger partial charge in [-0.15, -0.1) is 0 Å². The summed E-state index contributed by atoms with van der Waals surface area (Å²) in [6, 6.07) is 4.30. The zero-order valence-corrected chi connectivity index (χ0v) is 12.3. The number of aliphatic carboxylic acids is 1. The highest BCUT2D eigenvalue weighted by atomic mass is 19.1. The van der Waals surface area contributed by atoms with Gasteiger partial charge < -0.3 is 10.4 Å². The Labute approximate surface area is 123 Å². The maximum absolute atomic E-state index is 13.9. The van der Waals surface area contributed by atoms with Crippen molar-refractivity contribution in [3.8, 4) is 0 Å². The first-order valence-corrected chi connectivity index (χ1v) is 7.19.